The maximum absolute atomic E-state index is 4.36. The minimum Gasteiger partial charge on any atom is -0.312 e. The Bertz CT molecular complexity index is 455. The van der Waals surface area contributed by atoms with E-state index in [2.05, 4.69) is 26.8 Å². The zero-order chi connectivity index (χ0) is 12.1. The quantitative estimate of drug-likeness (QED) is 0.879. The van der Waals surface area contributed by atoms with E-state index in [9.17, 15) is 0 Å². The number of hydrogen-bond acceptors (Lipinski definition) is 5. The van der Waals surface area contributed by atoms with Crippen molar-refractivity contribution >= 4 is 11.5 Å². The van der Waals surface area contributed by atoms with E-state index in [1.54, 1.807) is 0 Å². The van der Waals surface area contributed by atoms with Gasteiger partial charge in [-0.3, -0.25) is 4.98 Å². The molecule has 2 aromatic heterocycles. The summed E-state index contributed by atoms with van der Waals surface area (Å²) in [4.78, 5) is 5.58. The first-order chi connectivity index (χ1) is 8.35. The molecule has 0 aliphatic carbocycles. The highest BCUT2D eigenvalue weighted by molar-refractivity contribution is 7.05. The third-order valence-electron chi connectivity index (χ3n) is 2.72. The Morgan fingerprint density at radius 1 is 1.41 bits per heavy atom. The summed E-state index contributed by atoms with van der Waals surface area (Å²) in [6.45, 7) is 2.10. The number of pyridine rings is 1. The standard InChI is InChI=1S/C12H16N4S/c1-3-10-12(17-16-15-10)11(13-2)8-9-6-4-5-7-14-9/h4-7,11,13H,3,8H2,1-2H3. The summed E-state index contributed by atoms with van der Waals surface area (Å²) < 4.78 is 4.03. The largest absolute Gasteiger partial charge is 0.312 e. The van der Waals surface area contributed by atoms with Crippen molar-refractivity contribution in [3.8, 4) is 0 Å². The van der Waals surface area contributed by atoms with Crippen molar-refractivity contribution in [2.24, 2.45) is 0 Å². The molecule has 17 heavy (non-hydrogen) atoms. The number of nitrogens with zero attached hydrogens (tertiary/aromatic N) is 3. The highest BCUT2D eigenvalue weighted by atomic mass is 32.1. The van der Waals surface area contributed by atoms with E-state index in [1.165, 1.54) is 16.4 Å². The van der Waals surface area contributed by atoms with Crippen LogP contribution in [0.25, 0.3) is 0 Å². The van der Waals surface area contributed by atoms with Crippen molar-refractivity contribution in [1.29, 1.82) is 0 Å². The minimum absolute atomic E-state index is 0.250. The second-order valence-electron chi connectivity index (χ2n) is 3.80. The summed E-state index contributed by atoms with van der Waals surface area (Å²) in [5.74, 6) is 0. The van der Waals surface area contributed by atoms with E-state index in [4.69, 9.17) is 0 Å². The van der Waals surface area contributed by atoms with E-state index < -0.39 is 0 Å². The molecule has 0 spiro atoms. The van der Waals surface area contributed by atoms with Gasteiger partial charge in [-0.25, -0.2) is 0 Å². The van der Waals surface area contributed by atoms with E-state index >= 15 is 0 Å². The average molecular weight is 248 g/mol. The average Bonchev–Trinajstić information content (AvgIpc) is 2.85. The van der Waals surface area contributed by atoms with Gasteiger partial charge in [-0.2, -0.15) is 0 Å². The normalized spacial score (nSPS) is 12.6. The molecule has 0 fully saturated rings. The summed E-state index contributed by atoms with van der Waals surface area (Å²) in [5.41, 5.74) is 2.17. The van der Waals surface area contributed by atoms with Crippen molar-refractivity contribution in [3.05, 3.63) is 40.7 Å². The van der Waals surface area contributed by atoms with Crippen LogP contribution in [0.15, 0.2) is 24.4 Å². The number of rotatable bonds is 5. The fourth-order valence-electron chi connectivity index (χ4n) is 1.78. The predicted octanol–water partition coefficient (Wildman–Crippen LogP) is 2.00. The van der Waals surface area contributed by atoms with Gasteiger partial charge in [0.05, 0.1) is 16.6 Å². The molecule has 0 amide bonds. The Balaban J connectivity index is 2.17. The van der Waals surface area contributed by atoms with Crippen LogP contribution in [0.5, 0.6) is 0 Å². The van der Waals surface area contributed by atoms with E-state index in [1.807, 2.05) is 31.4 Å². The maximum Gasteiger partial charge on any atom is 0.0801 e. The Labute approximate surface area is 105 Å². The summed E-state index contributed by atoms with van der Waals surface area (Å²) in [7, 11) is 1.97. The maximum atomic E-state index is 4.36. The Hall–Kier alpha value is -1.33. The van der Waals surface area contributed by atoms with Crippen LogP contribution < -0.4 is 5.32 Å². The first-order valence-electron chi connectivity index (χ1n) is 5.73. The number of aryl methyl sites for hydroxylation is 1. The Morgan fingerprint density at radius 3 is 2.94 bits per heavy atom. The molecule has 0 aliphatic heterocycles. The van der Waals surface area contributed by atoms with Gasteiger partial charge in [0.25, 0.3) is 0 Å². The van der Waals surface area contributed by atoms with Crippen LogP contribution in [0, 0.1) is 0 Å². The second-order valence-corrected chi connectivity index (χ2v) is 4.59. The van der Waals surface area contributed by atoms with Gasteiger partial charge < -0.3 is 5.32 Å². The predicted molar refractivity (Wildman–Crippen MR) is 69.0 cm³/mol. The minimum atomic E-state index is 0.250. The SMILES string of the molecule is CCc1nnsc1C(Cc1ccccn1)NC. The molecular formula is C12H16N4S. The third-order valence-corrected chi connectivity index (χ3v) is 3.60. The van der Waals surface area contributed by atoms with Crippen LogP contribution in [-0.4, -0.2) is 21.6 Å². The molecule has 2 rings (SSSR count). The van der Waals surface area contributed by atoms with E-state index in [-0.39, 0.29) is 6.04 Å². The van der Waals surface area contributed by atoms with Crippen molar-refractivity contribution < 1.29 is 0 Å². The second kappa shape index (κ2) is 5.84. The summed E-state index contributed by atoms with van der Waals surface area (Å²) in [5, 5.41) is 7.47. The summed E-state index contributed by atoms with van der Waals surface area (Å²) in [6, 6.07) is 6.24. The van der Waals surface area contributed by atoms with Crippen LogP contribution in [0.2, 0.25) is 0 Å². The molecule has 1 N–H and O–H groups in total. The summed E-state index contributed by atoms with van der Waals surface area (Å²) >= 11 is 1.47. The molecule has 1 atom stereocenters. The molecule has 4 nitrogen and oxygen atoms in total. The molecule has 2 aromatic rings. The fourth-order valence-corrected chi connectivity index (χ4v) is 2.63. The van der Waals surface area contributed by atoms with Crippen molar-refractivity contribution in [3.63, 3.8) is 0 Å². The zero-order valence-electron chi connectivity index (χ0n) is 10.1. The molecular weight excluding hydrogens is 232 g/mol. The number of hydrogen-bond donors (Lipinski definition) is 1. The van der Waals surface area contributed by atoms with Gasteiger partial charge in [-0.15, -0.1) is 5.10 Å². The Kier molecular flexibility index (Phi) is 4.17. The van der Waals surface area contributed by atoms with Crippen LogP contribution in [0.1, 0.15) is 29.2 Å². The zero-order valence-corrected chi connectivity index (χ0v) is 10.9. The number of aromatic nitrogens is 3. The van der Waals surface area contributed by atoms with Crippen molar-refractivity contribution in [2.45, 2.75) is 25.8 Å². The molecule has 2 heterocycles. The molecule has 90 valence electrons. The Morgan fingerprint density at radius 2 is 2.29 bits per heavy atom. The van der Waals surface area contributed by atoms with Gasteiger partial charge in [-0.05, 0) is 37.1 Å². The van der Waals surface area contributed by atoms with Gasteiger partial charge >= 0.3 is 0 Å². The van der Waals surface area contributed by atoms with Gasteiger partial charge in [0.15, 0.2) is 0 Å². The topological polar surface area (TPSA) is 50.7 Å². The van der Waals surface area contributed by atoms with Gasteiger partial charge in [-0.1, -0.05) is 17.5 Å². The molecule has 0 saturated carbocycles. The molecule has 0 aromatic carbocycles. The molecule has 0 bridgehead atoms. The van der Waals surface area contributed by atoms with Crippen molar-refractivity contribution in [1.82, 2.24) is 19.9 Å². The van der Waals surface area contributed by atoms with Gasteiger partial charge in [0.2, 0.25) is 0 Å². The van der Waals surface area contributed by atoms with Crippen LogP contribution in [-0.2, 0) is 12.8 Å². The first kappa shape index (κ1) is 12.1. The molecule has 1 unspecified atom stereocenters. The van der Waals surface area contributed by atoms with Crippen LogP contribution in [0.4, 0.5) is 0 Å². The van der Waals surface area contributed by atoms with Crippen LogP contribution >= 0.6 is 11.5 Å². The molecule has 0 saturated heterocycles. The molecule has 0 aliphatic rings. The lowest BCUT2D eigenvalue weighted by molar-refractivity contribution is 0.587. The summed E-state index contributed by atoms with van der Waals surface area (Å²) in [6.07, 6.45) is 3.62. The van der Waals surface area contributed by atoms with Crippen molar-refractivity contribution in [2.75, 3.05) is 7.05 Å². The van der Waals surface area contributed by atoms with Crippen LogP contribution in [0.3, 0.4) is 0 Å². The number of nitrogens with one attached hydrogen (secondary N) is 1. The number of likely N-dealkylation sites (N-methyl/N-ethyl adjacent to an activating group) is 1. The lowest BCUT2D eigenvalue weighted by Crippen LogP contribution is -2.19. The molecule has 5 heteroatoms. The van der Waals surface area contributed by atoms with E-state index in [0.29, 0.717) is 0 Å². The van der Waals surface area contributed by atoms with E-state index in [0.717, 1.165) is 24.2 Å². The first-order valence-corrected chi connectivity index (χ1v) is 6.50. The fraction of sp³-hybridized carbons (Fsp3) is 0.417. The highest BCUT2D eigenvalue weighted by Crippen LogP contribution is 2.23. The lowest BCUT2D eigenvalue weighted by Gasteiger charge is -2.14. The molecule has 0 radical (unpaired) electrons. The highest BCUT2D eigenvalue weighted by Gasteiger charge is 2.17. The van der Waals surface area contributed by atoms with Gasteiger partial charge in [0.1, 0.15) is 0 Å². The van der Waals surface area contributed by atoms with Gasteiger partial charge in [0, 0.05) is 18.3 Å². The lowest BCUT2D eigenvalue weighted by atomic mass is 10.1. The monoisotopic (exact) mass is 248 g/mol. The third kappa shape index (κ3) is 2.87. The smallest absolute Gasteiger partial charge is 0.0801 e.